The number of amides is 1. The zero-order chi connectivity index (χ0) is 20.2. The molecule has 4 aliphatic heterocycles. The first-order valence-electron chi connectivity index (χ1n) is 10.8. The van der Waals surface area contributed by atoms with E-state index in [1.807, 2.05) is 23.1 Å². The highest BCUT2D eigenvalue weighted by molar-refractivity contribution is 7.86. The van der Waals surface area contributed by atoms with Crippen LogP contribution in [0.3, 0.4) is 0 Å². The summed E-state index contributed by atoms with van der Waals surface area (Å²) in [6, 6.07) is 5.05. The average Bonchev–Trinajstić information content (AvgIpc) is 2.76. The maximum atomic E-state index is 13.6. The Kier molecular flexibility index (Phi) is 4.83. The molecule has 0 radical (unpaired) electrons. The van der Waals surface area contributed by atoms with Crippen LogP contribution in [0.5, 0.6) is 5.75 Å². The second-order valence-corrected chi connectivity index (χ2v) is 10.4. The van der Waals surface area contributed by atoms with Crippen molar-refractivity contribution in [2.24, 2.45) is 0 Å². The summed E-state index contributed by atoms with van der Waals surface area (Å²) in [4.78, 5) is 15.4. The first-order chi connectivity index (χ1) is 14.0. The highest BCUT2D eigenvalue weighted by Crippen LogP contribution is 2.46. The highest BCUT2D eigenvalue weighted by Gasteiger charge is 2.55. The van der Waals surface area contributed by atoms with E-state index in [9.17, 15) is 13.2 Å². The second kappa shape index (κ2) is 7.25. The summed E-state index contributed by atoms with van der Waals surface area (Å²) in [5.74, 6) is 0.784. The maximum absolute atomic E-state index is 13.6. The molecule has 0 aromatic heterocycles. The fraction of sp³-hybridized carbons (Fsp3) is 0.667. The van der Waals surface area contributed by atoms with E-state index in [0.29, 0.717) is 26.1 Å². The number of carbonyl (C=O) groups is 1. The Morgan fingerprint density at radius 3 is 2.59 bits per heavy atom. The molecule has 1 aromatic rings. The second-order valence-electron chi connectivity index (χ2n) is 8.60. The van der Waals surface area contributed by atoms with Crippen molar-refractivity contribution >= 4 is 16.1 Å². The molecule has 5 rings (SSSR count). The van der Waals surface area contributed by atoms with E-state index in [1.165, 1.54) is 0 Å². The topological polar surface area (TPSA) is 70.2 Å². The molecule has 0 spiro atoms. The molecule has 2 bridgehead atoms. The van der Waals surface area contributed by atoms with Crippen molar-refractivity contribution in [3.63, 3.8) is 0 Å². The van der Waals surface area contributed by atoms with Crippen molar-refractivity contribution in [3.8, 4) is 5.75 Å². The van der Waals surface area contributed by atoms with Gasteiger partial charge in [0, 0.05) is 19.6 Å². The first-order valence-corrected chi connectivity index (χ1v) is 12.2. The van der Waals surface area contributed by atoms with Crippen LogP contribution in [0.25, 0.3) is 0 Å². The molecule has 1 amide bonds. The molecule has 3 unspecified atom stereocenters. The molecule has 29 heavy (non-hydrogen) atoms. The average molecular weight is 420 g/mol. The quantitative estimate of drug-likeness (QED) is 0.752. The van der Waals surface area contributed by atoms with E-state index >= 15 is 0 Å². The third-order valence-corrected chi connectivity index (χ3v) is 9.15. The van der Waals surface area contributed by atoms with Gasteiger partial charge in [-0.25, -0.2) is 0 Å². The van der Waals surface area contributed by atoms with Crippen molar-refractivity contribution in [3.05, 3.63) is 29.3 Å². The summed E-state index contributed by atoms with van der Waals surface area (Å²) in [5.41, 5.74) is 2.24. The fourth-order valence-electron chi connectivity index (χ4n) is 5.71. The molecule has 4 aliphatic rings. The Balaban J connectivity index is 1.57. The first kappa shape index (κ1) is 19.3. The molecule has 0 saturated carbocycles. The predicted octanol–water partition coefficient (Wildman–Crippen LogP) is 2.09. The van der Waals surface area contributed by atoms with Crippen molar-refractivity contribution in [1.29, 1.82) is 0 Å². The number of piperazine rings is 1. The van der Waals surface area contributed by atoms with Crippen molar-refractivity contribution in [1.82, 2.24) is 13.5 Å². The Labute approximate surface area is 172 Å². The Morgan fingerprint density at radius 2 is 1.83 bits per heavy atom. The number of benzene rings is 1. The van der Waals surface area contributed by atoms with E-state index in [-0.39, 0.29) is 18.0 Å². The minimum atomic E-state index is -3.65. The molecule has 3 atom stereocenters. The molecule has 3 saturated heterocycles. The summed E-state index contributed by atoms with van der Waals surface area (Å²) >= 11 is 0. The summed E-state index contributed by atoms with van der Waals surface area (Å²) in [6.45, 7) is 1.78. The number of hydrogen-bond donors (Lipinski definition) is 0. The lowest BCUT2D eigenvalue weighted by Crippen LogP contribution is -2.69. The van der Waals surface area contributed by atoms with Crippen LogP contribution >= 0.6 is 0 Å². The van der Waals surface area contributed by atoms with E-state index < -0.39 is 16.3 Å². The van der Waals surface area contributed by atoms with Gasteiger partial charge in [-0.05, 0) is 61.8 Å². The maximum Gasteiger partial charge on any atom is 0.283 e. The monoisotopic (exact) mass is 419 g/mol. The summed E-state index contributed by atoms with van der Waals surface area (Å²) in [5, 5.41) is 0. The number of methoxy groups -OCH3 is 1. The van der Waals surface area contributed by atoms with Gasteiger partial charge in [0.2, 0.25) is 5.91 Å². The normalized spacial score (nSPS) is 30.6. The molecule has 0 aliphatic carbocycles. The summed E-state index contributed by atoms with van der Waals surface area (Å²) < 4.78 is 35.9. The lowest BCUT2D eigenvalue weighted by Gasteiger charge is -2.55. The number of nitrogens with zero attached hydrogens (tertiary/aromatic N) is 3. The zero-order valence-corrected chi connectivity index (χ0v) is 17.7. The standard InChI is InChI=1S/C21H29N3O4S/c1-28-16-8-9-17-15(14-16)10-13-23-20(17)18-6-5-7-19(21(23)25)24(18)29(26,27)22-11-3-2-4-12-22/h8-9,14,18-20H,2-7,10-13H2,1H3. The van der Waals surface area contributed by atoms with Crippen LogP contribution in [0.15, 0.2) is 18.2 Å². The molecular formula is C21H29N3O4S. The SMILES string of the molecule is COc1ccc2c(c1)CCN1C(=O)C3CCCC(C21)N3S(=O)(=O)N1CCCCC1. The molecule has 7 nitrogen and oxygen atoms in total. The molecule has 8 heteroatoms. The van der Waals surface area contributed by atoms with E-state index in [4.69, 9.17) is 4.74 Å². The molecule has 0 N–H and O–H groups in total. The fourth-order valence-corrected chi connectivity index (χ4v) is 7.78. The van der Waals surface area contributed by atoms with Gasteiger partial charge >= 0.3 is 0 Å². The van der Waals surface area contributed by atoms with Gasteiger partial charge in [-0.15, -0.1) is 0 Å². The van der Waals surface area contributed by atoms with Crippen LogP contribution in [-0.2, 0) is 21.4 Å². The third kappa shape index (κ3) is 2.99. The highest BCUT2D eigenvalue weighted by atomic mass is 32.2. The smallest absolute Gasteiger partial charge is 0.283 e. The van der Waals surface area contributed by atoms with Gasteiger partial charge in [0.25, 0.3) is 10.2 Å². The van der Waals surface area contributed by atoms with E-state index in [1.54, 1.807) is 15.7 Å². The van der Waals surface area contributed by atoms with Crippen LogP contribution in [0.4, 0.5) is 0 Å². The number of ether oxygens (including phenoxy) is 1. The number of hydrogen-bond acceptors (Lipinski definition) is 4. The third-order valence-electron chi connectivity index (χ3n) is 7.08. The van der Waals surface area contributed by atoms with E-state index in [2.05, 4.69) is 0 Å². The number of rotatable bonds is 3. The number of fused-ring (bicyclic) bond motifs is 6. The van der Waals surface area contributed by atoms with Gasteiger partial charge < -0.3 is 9.64 Å². The number of piperidine rings is 2. The van der Waals surface area contributed by atoms with Crippen molar-refractivity contribution < 1.29 is 17.9 Å². The Bertz CT molecular complexity index is 913. The summed E-state index contributed by atoms with van der Waals surface area (Å²) in [7, 11) is -2.00. The lowest BCUT2D eigenvalue weighted by atomic mass is 9.80. The van der Waals surface area contributed by atoms with Crippen molar-refractivity contribution in [2.75, 3.05) is 26.7 Å². The molecule has 3 fully saturated rings. The van der Waals surface area contributed by atoms with Crippen LogP contribution < -0.4 is 4.74 Å². The minimum Gasteiger partial charge on any atom is -0.497 e. The lowest BCUT2D eigenvalue weighted by molar-refractivity contribution is -0.150. The van der Waals surface area contributed by atoms with Crippen molar-refractivity contribution in [2.45, 2.75) is 63.1 Å². The van der Waals surface area contributed by atoms with E-state index in [0.717, 1.165) is 55.4 Å². The van der Waals surface area contributed by atoms with Crippen LogP contribution in [0, 0.1) is 0 Å². The minimum absolute atomic E-state index is 0.0204. The number of carbonyl (C=O) groups excluding carboxylic acids is 1. The largest absolute Gasteiger partial charge is 0.497 e. The van der Waals surface area contributed by atoms with Gasteiger partial charge in [0.15, 0.2) is 0 Å². The Morgan fingerprint density at radius 1 is 1.03 bits per heavy atom. The van der Waals surface area contributed by atoms with Gasteiger partial charge in [-0.1, -0.05) is 12.5 Å². The molecular weight excluding hydrogens is 390 g/mol. The van der Waals surface area contributed by atoms with Gasteiger partial charge in [0.1, 0.15) is 11.8 Å². The predicted molar refractivity (Wildman–Crippen MR) is 109 cm³/mol. The van der Waals surface area contributed by atoms with Gasteiger partial charge in [0.05, 0.1) is 19.2 Å². The molecule has 158 valence electrons. The Hall–Kier alpha value is -1.64. The van der Waals surface area contributed by atoms with Gasteiger partial charge in [-0.3, -0.25) is 4.79 Å². The summed E-state index contributed by atoms with van der Waals surface area (Å²) in [6.07, 6.45) is 5.97. The van der Waals surface area contributed by atoms with Crippen LogP contribution in [0.1, 0.15) is 55.7 Å². The van der Waals surface area contributed by atoms with Gasteiger partial charge in [-0.2, -0.15) is 17.0 Å². The van der Waals surface area contributed by atoms with Crippen LogP contribution in [0.2, 0.25) is 0 Å². The van der Waals surface area contributed by atoms with Crippen LogP contribution in [-0.4, -0.2) is 66.7 Å². The molecule has 1 aromatic carbocycles. The zero-order valence-electron chi connectivity index (χ0n) is 16.9. The molecule has 4 heterocycles.